The Morgan fingerprint density at radius 3 is 2.75 bits per heavy atom. The summed E-state index contributed by atoms with van der Waals surface area (Å²) in [6.45, 7) is 5.08. The summed E-state index contributed by atoms with van der Waals surface area (Å²) in [5.41, 5.74) is 2.85. The van der Waals surface area contributed by atoms with Crippen LogP contribution in [0, 0.1) is 0 Å². The van der Waals surface area contributed by atoms with Crippen molar-refractivity contribution >= 4 is 6.21 Å². The molecule has 0 fully saturated rings. The maximum absolute atomic E-state index is 3.90. The predicted octanol–water partition coefficient (Wildman–Crippen LogP) is 1.38. The highest BCUT2D eigenvalue weighted by atomic mass is 15.3. The van der Waals surface area contributed by atoms with E-state index in [0.29, 0.717) is 0 Å². The molecule has 8 heavy (non-hydrogen) atoms. The van der Waals surface area contributed by atoms with E-state index < -0.39 is 0 Å². The van der Waals surface area contributed by atoms with Crippen LogP contribution in [0.15, 0.2) is 5.10 Å². The van der Waals surface area contributed by atoms with E-state index in [1.54, 1.807) is 0 Å². The molecular formula is C6H14N2. The van der Waals surface area contributed by atoms with Gasteiger partial charge in [-0.25, -0.2) is 0 Å². The molecule has 0 aromatic heterocycles. The molecule has 0 spiro atoms. The van der Waals surface area contributed by atoms with Crippen LogP contribution in [0.2, 0.25) is 0 Å². The molecule has 0 unspecified atom stereocenters. The molecule has 0 aliphatic heterocycles. The Balaban J connectivity index is 2.83. The number of rotatable bonds is 4. The molecular weight excluding hydrogens is 100 g/mol. The number of nitrogens with one attached hydrogen (secondary N) is 1. The highest BCUT2D eigenvalue weighted by Gasteiger charge is 1.70. The number of unbranched alkanes of at least 4 members (excludes halogenated alkanes) is 1. The summed E-state index contributed by atoms with van der Waals surface area (Å²) >= 11 is 0. The molecule has 2 nitrogen and oxygen atoms in total. The Labute approximate surface area is 51.0 Å². The minimum Gasteiger partial charge on any atom is -0.311 e. The van der Waals surface area contributed by atoms with Crippen LogP contribution in [0.1, 0.15) is 26.7 Å². The molecule has 0 saturated heterocycles. The highest BCUT2D eigenvalue weighted by molar-refractivity contribution is 5.56. The Kier molecular flexibility index (Phi) is 6.04. The van der Waals surface area contributed by atoms with E-state index in [-0.39, 0.29) is 0 Å². The molecule has 0 saturated carbocycles. The van der Waals surface area contributed by atoms with E-state index >= 15 is 0 Å². The first-order valence-corrected chi connectivity index (χ1v) is 3.16. The van der Waals surface area contributed by atoms with Gasteiger partial charge in [0, 0.05) is 12.8 Å². The minimum absolute atomic E-state index is 0.917. The monoisotopic (exact) mass is 114 g/mol. The van der Waals surface area contributed by atoms with Gasteiger partial charge >= 0.3 is 0 Å². The van der Waals surface area contributed by atoms with Crippen LogP contribution in [0.4, 0.5) is 0 Å². The molecule has 0 aromatic rings. The van der Waals surface area contributed by atoms with E-state index in [9.17, 15) is 0 Å². The fraction of sp³-hybridized carbons (Fsp3) is 0.833. The van der Waals surface area contributed by atoms with E-state index in [1.807, 2.05) is 13.1 Å². The van der Waals surface area contributed by atoms with E-state index in [2.05, 4.69) is 17.5 Å². The van der Waals surface area contributed by atoms with Crippen molar-refractivity contribution in [2.75, 3.05) is 6.54 Å². The van der Waals surface area contributed by atoms with Crippen LogP contribution < -0.4 is 5.43 Å². The lowest BCUT2D eigenvalue weighted by molar-refractivity contribution is 0.781. The van der Waals surface area contributed by atoms with Crippen LogP contribution >= 0.6 is 0 Å². The van der Waals surface area contributed by atoms with Crippen LogP contribution in [0.5, 0.6) is 0 Å². The van der Waals surface area contributed by atoms with Crippen LogP contribution in [-0.4, -0.2) is 12.8 Å². The van der Waals surface area contributed by atoms with Crippen molar-refractivity contribution in [2.24, 2.45) is 5.10 Å². The van der Waals surface area contributed by atoms with Crippen LogP contribution in [0.3, 0.4) is 0 Å². The smallest absolute Gasteiger partial charge is 0.0301 e. The Bertz CT molecular complexity index is 51.5. The van der Waals surface area contributed by atoms with Crippen molar-refractivity contribution < 1.29 is 0 Å². The van der Waals surface area contributed by atoms with E-state index in [4.69, 9.17) is 0 Å². The zero-order chi connectivity index (χ0) is 6.24. The first-order chi connectivity index (χ1) is 3.91. The summed E-state index contributed by atoms with van der Waals surface area (Å²) in [5, 5.41) is 3.90. The van der Waals surface area contributed by atoms with Crippen molar-refractivity contribution in [3.05, 3.63) is 0 Å². The Morgan fingerprint density at radius 2 is 2.25 bits per heavy atom. The minimum atomic E-state index is 0.917. The van der Waals surface area contributed by atoms with Gasteiger partial charge in [0.1, 0.15) is 0 Å². The van der Waals surface area contributed by atoms with Crippen LogP contribution in [0.25, 0.3) is 0 Å². The van der Waals surface area contributed by atoms with Gasteiger partial charge < -0.3 is 5.43 Å². The second-order valence-corrected chi connectivity index (χ2v) is 1.61. The molecule has 0 heterocycles. The summed E-state index contributed by atoms with van der Waals surface area (Å²) in [7, 11) is 0. The van der Waals surface area contributed by atoms with Gasteiger partial charge in [-0.3, -0.25) is 0 Å². The molecule has 48 valence electrons. The third kappa shape index (κ3) is 5.47. The van der Waals surface area contributed by atoms with Crippen LogP contribution in [-0.2, 0) is 0 Å². The molecule has 0 aliphatic carbocycles. The zero-order valence-corrected chi connectivity index (χ0v) is 5.65. The Morgan fingerprint density at radius 1 is 1.50 bits per heavy atom. The number of nitrogens with zero attached hydrogens (tertiary/aromatic N) is 1. The molecule has 0 aliphatic rings. The van der Waals surface area contributed by atoms with Crippen molar-refractivity contribution in [3.63, 3.8) is 0 Å². The van der Waals surface area contributed by atoms with Gasteiger partial charge in [0.25, 0.3) is 0 Å². The third-order valence-corrected chi connectivity index (χ3v) is 0.758. The first-order valence-electron chi connectivity index (χ1n) is 3.16. The van der Waals surface area contributed by atoms with E-state index in [0.717, 1.165) is 13.0 Å². The summed E-state index contributed by atoms with van der Waals surface area (Å²) in [4.78, 5) is 0. The maximum Gasteiger partial charge on any atom is 0.0301 e. The van der Waals surface area contributed by atoms with Gasteiger partial charge in [-0.15, -0.1) is 0 Å². The van der Waals surface area contributed by atoms with Gasteiger partial charge in [-0.1, -0.05) is 13.3 Å². The molecule has 0 amide bonds. The van der Waals surface area contributed by atoms with Crippen molar-refractivity contribution in [1.29, 1.82) is 0 Å². The quantitative estimate of drug-likeness (QED) is 0.433. The summed E-state index contributed by atoms with van der Waals surface area (Å²) in [5.74, 6) is 0. The molecule has 0 rings (SSSR count). The molecule has 2 heteroatoms. The molecule has 0 atom stereocenters. The second kappa shape index (κ2) is 6.47. The maximum atomic E-state index is 3.90. The summed E-state index contributed by atoms with van der Waals surface area (Å²) in [6, 6.07) is 0. The first kappa shape index (κ1) is 7.47. The zero-order valence-electron chi connectivity index (χ0n) is 5.65. The third-order valence-electron chi connectivity index (χ3n) is 0.758. The fourth-order valence-corrected chi connectivity index (χ4v) is 0.349. The van der Waals surface area contributed by atoms with Gasteiger partial charge in [-0.05, 0) is 13.3 Å². The van der Waals surface area contributed by atoms with Gasteiger partial charge in [0.2, 0.25) is 0 Å². The standard InChI is InChI=1S/C6H14N2/c1-3-5-6-8-7-4-2/h6-7H,3-5H2,1-2H3. The lowest BCUT2D eigenvalue weighted by Crippen LogP contribution is -2.02. The average molecular weight is 114 g/mol. The SMILES string of the molecule is CCCC=NNCC. The Hall–Kier alpha value is -0.530. The van der Waals surface area contributed by atoms with Gasteiger partial charge in [0.15, 0.2) is 0 Å². The predicted molar refractivity (Wildman–Crippen MR) is 37.1 cm³/mol. The molecule has 0 aromatic carbocycles. The normalized spacial score (nSPS) is 10.2. The van der Waals surface area contributed by atoms with Crippen molar-refractivity contribution in [1.82, 2.24) is 5.43 Å². The fourth-order valence-electron chi connectivity index (χ4n) is 0.349. The number of hydrogen-bond acceptors (Lipinski definition) is 2. The molecule has 1 N–H and O–H groups in total. The van der Waals surface area contributed by atoms with Crippen molar-refractivity contribution in [2.45, 2.75) is 26.7 Å². The van der Waals surface area contributed by atoms with Crippen molar-refractivity contribution in [3.8, 4) is 0 Å². The molecule has 0 bridgehead atoms. The molecule has 0 radical (unpaired) electrons. The highest BCUT2D eigenvalue weighted by Crippen LogP contribution is 1.78. The average Bonchev–Trinajstić information content (AvgIpc) is 1.81. The van der Waals surface area contributed by atoms with E-state index in [1.165, 1.54) is 6.42 Å². The summed E-state index contributed by atoms with van der Waals surface area (Å²) < 4.78 is 0. The largest absolute Gasteiger partial charge is 0.311 e. The lowest BCUT2D eigenvalue weighted by Gasteiger charge is -1.88. The second-order valence-electron chi connectivity index (χ2n) is 1.61. The summed E-state index contributed by atoms with van der Waals surface area (Å²) in [6.07, 6.45) is 4.16. The number of hydrogen-bond donors (Lipinski definition) is 1. The topological polar surface area (TPSA) is 24.4 Å². The lowest BCUT2D eigenvalue weighted by atomic mass is 10.4. The van der Waals surface area contributed by atoms with Gasteiger partial charge in [0.05, 0.1) is 0 Å². The van der Waals surface area contributed by atoms with Gasteiger partial charge in [-0.2, -0.15) is 5.10 Å². The number of hydrazone groups is 1.